The van der Waals surface area contributed by atoms with Crippen LogP contribution in [0.1, 0.15) is 36.0 Å². The van der Waals surface area contributed by atoms with Gasteiger partial charge < -0.3 is 4.74 Å². The first-order valence-corrected chi connectivity index (χ1v) is 9.88. The fraction of sp³-hybridized carbons (Fsp3) is 0.353. The highest BCUT2D eigenvalue weighted by Gasteiger charge is 2.41. The predicted octanol–water partition coefficient (Wildman–Crippen LogP) is 2.80. The van der Waals surface area contributed by atoms with Gasteiger partial charge in [0.25, 0.3) is 5.88 Å². The Morgan fingerprint density at radius 1 is 1.36 bits per heavy atom. The number of sulfone groups is 1. The van der Waals surface area contributed by atoms with Crippen LogP contribution in [0, 0.1) is 34.2 Å². The lowest BCUT2D eigenvalue weighted by atomic mass is 9.96. The molecule has 1 unspecified atom stereocenters. The summed E-state index contributed by atoms with van der Waals surface area (Å²) in [6.45, 7) is 1.39. The van der Waals surface area contributed by atoms with Gasteiger partial charge >= 0.3 is 5.69 Å². The molecular formula is C17H15FN4O5S. The summed E-state index contributed by atoms with van der Waals surface area (Å²) in [5.74, 6) is -1.46. The maximum atomic E-state index is 14.1. The van der Waals surface area contributed by atoms with Crippen LogP contribution < -0.4 is 4.74 Å². The van der Waals surface area contributed by atoms with E-state index in [9.17, 15) is 28.2 Å². The van der Waals surface area contributed by atoms with Crippen molar-refractivity contribution in [2.45, 2.75) is 42.4 Å². The highest BCUT2D eigenvalue weighted by atomic mass is 32.2. The second-order valence-electron chi connectivity index (χ2n) is 6.22. The highest BCUT2D eigenvalue weighted by molar-refractivity contribution is 7.92. The monoisotopic (exact) mass is 406 g/mol. The molecule has 1 aromatic heterocycles. The minimum Gasteiger partial charge on any atom is -0.469 e. The van der Waals surface area contributed by atoms with Crippen LogP contribution in [0.5, 0.6) is 5.88 Å². The van der Waals surface area contributed by atoms with Gasteiger partial charge in [-0.3, -0.25) is 10.1 Å². The Morgan fingerprint density at radius 2 is 2.04 bits per heavy atom. The molecule has 28 heavy (non-hydrogen) atoms. The van der Waals surface area contributed by atoms with Crippen LogP contribution in [0.15, 0.2) is 29.2 Å². The van der Waals surface area contributed by atoms with E-state index in [-0.39, 0.29) is 17.8 Å². The normalized spacial score (nSPS) is 15.3. The Morgan fingerprint density at radius 3 is 2.57 bits per heavy atom. The zero-order valence-corrected chi connectivity index (χ0v) is 15.5. The summed E-state index contributed by atoms with van der Waals surface area (Å²) < 4.78 is 45.4. The highest BCUT2D eigenvalue weighted by Crippen LogP contribution is 2.39. The van der Waals surface area contributed by atoms with Gasteiger partial charge in [-0.15, -0.1) is 0 Å². The van der Waals surface area contributed by atoms with Crippen molar-refractivity contribution in [1.29, 1.82) is 5.26 Å². The summed E-state index contributed by atoms with van der Waals surface area (Å²) in [6.07, 6.45) is 2.00. The van der Waals surface area contributed by atoms with E-state index in [1.54, 1.807) is 0 Å². The molecule has 0 spiro atoms. The molecule has 0 saturated heterocycles. The maximum Gasteiger partial charge on any atom is 0.354 e. The van der Waals surface area contributed by atoms with Crippen LogP contribution in [-0.4, -0.2) is 29.4 Å². The zero-order chi connectivity index (χ0) is 20.5. The average molecular weight is 406 g/mol. The molecule has 0 amide bonds. The minimum absolute atomic E-state index is 0.00101. The largest absolute Gasteiger partial charge is 0.469 e. The number of nitro groups is 1. The van der Waals surface area contributed by atoms with E-state index in [2.05, 4.69) is 9.97 Å². The number of aryl methyl sites for hydroxylation is 1. The molecule has 1 saturated carbocycles. The van der Waals surface area contributed by atoms with Crippen LogP contribution in [0.2, 0.25) is 0 Å². The number of benzene rings is 1. The third-order valence-corrected chi connectivity index (χ3v) is 6.22. The lowest BCUT2D eigenvalue weighted by molar-refractivity contribution is -0.387. The molecule has 0 N–H and O–H groups in total. The van der Waals surface area contributed by atoms with Gasteiger partial charge in [0.2, 0.25) is 15.1 Å². The quantitative estimate of drug-likeness (QED) is 0.527. The van der Waals surface area contributed by atoms with Gasteiger partial charge in [-0.1, -0.05) is 12.1 Å². The van der Waals surface area contributed by atoms with Gasteiger partial charge in [0.15, 0.2) is 5.69 Å². The molecule has 2 aromatic rings. The molecule has 1 atom stereocenters. The van der Waals surface area contributed by atoms with Crippen molar-refractivity contribution in [2.75, 3.05) is 0 Å². The smallest absolute Gasteiger partial charge is 0.354 e. The summed E-state index contributed by atoms with van der Waals surface area (Å²) in [5, 5.41) is 19.1. The van der Waals surface area contributed by atoms with Crippen molar-refractivity contribution in [3.8, 4) is 11.9 Å². The van der Waals surface area contributed by atoms with Gasteiger partial charge in [0, 0.05) is 0 Å². The molecule has 1 aromatic carbocycles. The van der Waals surface area contributed by atoms with Crippen molar-refractivity contribution >= 4 is 15.5 Å². The fourth-order valence-electron chi connectivity index (χ4n) is 2.72. The molecule has 11 heteroatoms. The van der Waals surface area contributed by atoms with E-state index in [0.717, 1.165) is 18.6 Å². The van der Waals surface area contributed by atoms with E-state index < -0.39 is 42.1 Å². The van der Waals surface area contributed by atoms with E-state index in [1.807, 2.05) is 0 Å². The first-order valence-electron chi connectivity index (χ1n) is 8.33. The number of nitriles is 1. The van der Waals surface area contributed by atoms with Gasteiger partial charge in [0.05, 0.1) is 11.0 Å². The van der Waals surface area contributed by atoms with Crippen molar-refractivity contribution in [1.82, 2.24) is 9.97 Å². The van der Waals surface area contributed by atoms with Gasteiger partial charge in [-0.2, -0.15) is 10.2 Å². The Kier molecular flexibility index (Phi) is 5.24. The lowest BCUT2D eigenvalue weighted by Gasteiger charge is -2.25. The number of aromatic nitrogens is 2. The topological polar surface area (TPSA) is 136 Å². The summed E-state index contributed by atoms with van der Waals surface area (Å²) in [5.41, 5.74) is -1.44. The molecule has 9 nitrogen and oxygen atoms in total. The Balaban J connectivity index is 2.18. The van der Waals surface area contributed by atoms with Crippen molar-refractivity contribution in [3.05, 3.63) is 51.7 Å². The van der Waals surface area contributed by atoms with Crippen molar-refractivity contribution in [2.24, 2.45) is 0 Å². The summed E-state index contributed by atoms with van der Waals surface area (Å²) in [6, 6.07) is 6.00. The Hall–Kier alpha value is -3.13. The molecule has 1 aliphatic carbocycles. The second-order valence-corrected chi connectivity index (χ2v) is 8.22. The van der Waals surface area contributed by atoms with E-state index in [1.165, 1.54) is 25.1 Å². The SMILES string of the molecule is Cc1nc(OC2CCC2)c([N+](=O)[O-])c(C(C#N)S(=O)(=O)c2ccccc2F)n1. The van der Waals surface area contributed by atoms with Crippen LogP contribution >= 0.6 is 0 Å². The standard InChI is InChI=1S/C17H15FN4O5S/c1-10-20-15(16(22(23)24)17(21-10)27-11-5-4-6-11)14(9-19)28(25,26)13-8-3-2-7-12(13)18/h2-3,7-8,11,14H,4-6H2,1H3. The molecular weight excluding hydrogens is 391 g/mol. The van der Waals surface area contributed by atoms with Crippen LogP contribution in [0.4, 0.5) is 10.1 Å². The summed E-state index contributed by atoms with van der Waals surface area (Å²) in [7, 11) is -4.63. The molecule has 1 heterocycles. The molecule has 1 aliphatic rings. The van der Waals surface area contributed by atoms with Crippen LogP contribution in [0.25, 0.3) is 0 Å². The Labute approximate surface area is 159 Å². The van der Waals surface area contributed by atoms with E-state index in [0.29, 0.717) is 12.8 Å². The average Bonchev–Trinajstić information content (AvgIpc) is 2.58. The first kappa shape index (κ1) is 19.6. The van der Waals surface area contributed by atoms with Crippen LogP contribution in [0.3, 0.4) is 0 Å². The molecule has 0 aliphatic heterocycles. The van der Waals surface area contributed by atoms with Crippen molar-refractivity contribution in [3.63, 3.8) is 0 Å². The summed E-state index contributed by atoms with van der Waals surface area (Å²) >= 11 is 0. The zero-order valence-electron chi connectivity index (χ0n) is 14.7. The van der Waals surface area contributed by atoms with Gasteiger partial charge in [-0.25, -0.2) is 17.8 Å². The van der Waals surface area contributed by atoms with Crippen molar-refractivity contribution < 1.29 is 22.5 Å². The number of hydrogen-bond donors (Lipinski definition) is 0. The number of hydrogen-bond acceptors (Lipinski definition) is 8. The number of nitrogens with zero attached hydrogens (tertiary/aromatic N) is 4. The van der Waals surface area contributed by atoms with Crippen LogP contribution in [-0.2, 0) is 9.84 Å². The second kappa shape index (κ2) is 7.47. The first-order chi connectivity index (χ1) is 13.3. The summed E-state index contributed by atoms with van der Waals surface area (Å²) in [4.78, 5) is 17.8. The maximum absolute atomic E-state index is 14.1. The third-order valence-electron chi connectivity index (χ3n) is 4.32. The molecule has 0 bridgehead atoms. The van der Waals surface area contributed by atoms with Gasteiger partial charge in [0.1, 0.15) is 22.6 Å². The molecule has 1 fully saturated rings. The van der Waals surface area contributed by atoms with E-state index in [4.69, 9.17) is 4.74 Å². The number of halogens is 1. The van der Waals surface area contributed by atoms with Gasteiger partial charge in [-0.05, 0) is 38.3 Å². The number of rotatable bonds is 6. The van der Waals surface area contributed by atoms with E-state index >= 15 is 0 Å². The molecule has 3 rings (SSSR count). The predicted molar refractivity (Wildman–Crippen MR) is 93.6 cm³/mol. The number of ether oxygens (including phenoxy) is 1. The third kappa shape index (κ3) is 3.50. The minimum atomic E-state index is -4.63. The Bertz CT molecular complexity index is 1080. The fourth-order valence-corrected chi connectivity index (χ4v) is 4.18. The molecule has 146 valence electrons. The molecule has 0 radical (unpaired) electrons. The lowest BCUT2D eigenvalue weighted by Crippen LogP contribution is -2.26.